The molecule has 0 fully saturated rings. The van der Waals surface area contributed by atoms with Crippen molar-refractivity contribution in [2.45, 2.75) is 26.4 Å². The maximum Gasteiger partial charge on any atom is 0.191 e. The molecule has 7 nitrogen and oxygen atoms in total. The first kappa shape index (κ1) is 18.9. The molecule has 0 aliphatic heterocycles. The molecule has 2 aromatic rings. The van der Waals surface area contributed by atoms with Gasteiger partial charge in [-0.3, -0.25) is 9.89 Å². The number of likely N-dealkylation sites (N-methyl/N-ethyl adjacent to an activating group) is 1. The number of benzene rings is 1. The molecule has 7 heteroatoms. The normalized spacial score (nSPS) is 13.1. The quantitative estimate of drug-likeness (QED) is 0.562. The highest BCUT2D eigenvalue weighted by atomic mass is 15.3. The van der Waals surface area contributed by atoms with Crippen LogP contribution < -0.4 is 10.6 Å². The Labute approximate surface area is 150 Å². The summed E-state index contributed by atoms with van der Waals surface area (Å²) >= 11 is 0. The molecule has 1 unspecified atom stereocenters. The van der Waals surface area contributed by atoms with E-state index < -0.39 is 0 Å². The molecule has 2 N–H and O–H groups in total. The molecule has 0 spiro atoms. The summed E-state index contributed by atoms with van der Waals surface area (Å²) in [7, 11) is 3.71. The number of aliphatic imine (C=N–C) groups is 1. The number of hydrogen-bond acceptors (Lipinski definition) is 4. The minimum atomic E-state index is 0.296. The Morgan fingerprint density at radius 2 is 1.92 bits per heavy atom. The number of guanidine groups is 1. The molecular formula is C18H29N7. The van der Waals surface area contributed by atoms with Crippen LogP contribution in [0.4, 0.5) is 0 Å². The third kappa shape index (κ3) is 5.29. The SMILES string of the molecule is CCN(CC)C(CNC(=NC)NCc1nncn1C)c1ccccc1. The molecule has 1 aromatic heterocycles. The van der Waals surface area contributed by atoms with Crippen LogP contribution in [0.25, 0.3) is 0 Å². The Balaban J connectivity index is 1.99. The van der Waals surface area contributed by atoms with E-state index in [0.29, 0.717) is 12.6 Å². The summed E-state index contributed by atoms with van der Waals surface area (Å²) in [4.78, 5) is 6.75. The maximum absolute atomic E-state index is 4.31. The highest BCUT2D eigenvalue weighted by Crippen LogP contribution is 2.19. The molecule has 0 bridgehead atoms. The molecule has 0 radical (unpaired) electrons. The van der Waals surface area contributed by atoms with Gasteiger partial charge in [0.05, 0.1) is 12.6 Å². The predicted octanol–water partition coefficient (Wildman–Crippen LogP) is 1.56. The number of nitrogens with one attached hydrogen (secondary N) is 2. The first-order chi connectivity index (χ1) is 12.2. The number of rotatable bonds is 8. The van der Waals surface area contributed by atoms with Crippen LogP contribution in [0.15, 0.2) is 41.7 Å². The second-order valence-electron chi connectivity index (χ2n) is 5.81. The van der Waals surface area contributed by atoms with E-state index in [1.54, 1.807) is 13.4 Å². The third-order valence-corrected chi connectivity index (χ3v) is 4.34. The van der Waals surface area contributed by atoms with Crippen molar-refractivity contribution in [3.63, 3.8) is 0 Å². The van der Waals surface area contributed by atoms with Crippen molar-refractivity contribution in [1.29, 1.82) is 0 Å². The average Bonchev–Trinajstić information content (AvgIpc) is 3.06. The second-order valence-corrected chi connectivity index (χ2v) is 5.81. The van der Waals surface area contributed by atoms with Crippen molar-refractivity contribution < 1.29 is 0 Å². The van der Waals surface area contributed by atoms with Crippen molar-refractivity contribution in [3.05, 3.63) is 48.0 Å². The second kappa shape index (κ2) is 9.78. The van der Waals surface area contributed by atoms with E-state index in [1.165, 1.54) is 5.56 Å². The fraction of sp³-hybridized carbons (Fsp3) is 0.500. The minimum absolute atomic E-state index is 0.296. The molecule has 2 rings (SSSR count). The predicted molar refractivity (Wildman–Crippen MR) is 101 cm³/mol. The standard InChI is InChI=1S/C18H29N7/c1-5-25(6-2)16(15-10-8-7-9-11-15)12-20-18(19-3)21-13-17-23-22-14-24(17)4/h7-11,14,16H,5-6,12-13H2,1-4H3,(H2,19,20,21). The first-order valence-electron chi connectivity index (χ1n) is 8.75. The van der Waals surface area contributed by atoms with E-state index in [4.69, 9.17) is 0 Å². The van der Waals surface area contributed by atoms with E-state index in [0.717, 1.165) is 31.4 Å². The molecule has 25 heavy (non-hydrogen) atoms. The zero-order valence-corrected chi connectivity index (χ0v) is 15.6. The Hall–Kier alpha value is -2.41. The van der Waals surface area contributed by atoms with Crippen LogP contribution in [-0.2, 0) is 13.6 Å². The molecule has 0 amide bonds. The van der Waals surface area contributed by atoms with Crippen LogP contribution in [0, 0.1) is 0 Å². The van der Waals surface area contributed by atoms with Crippen molar-refractivity contribution in [2.24, 2.45) is 12.0 Å². The topological polar surface area (TPSA) is 70.4 Å². The van der Waals surface area contributed by atoms with Crippen molar-refractivity contribution in [1.82, 2.24) is 30.3 Å². The van der Waals surface area contributed by atoms with Gasteiger partial charge in [0.2, 0.25) is 0 Å². The fourth-order valence-corrected chi connectivity index (χ4v) is 2.84. The Morgan fingerprint density at radius 3 is 2.48 bits per heavy atom. The van der Waals surface area contributed by atoms with Gasteiger partial charge in [-0.2, -0.15) is 0 Å². The number of hydrogen-bond donors (Lipinski definition) is 2. The van der Waals surface area contributed by atoms with Gasteiger partial charge < -0.3 is 15.2 Å². The monoisotopic (exact) mass is 343 g/mol. The van der Waals surface area contributed by atoms with Crippen LogP contribution in [0.1, 0.15) is 31.3 Å². The van der Waals surface area contributed by atoms with Crippen molar-refractivity contribution >= 4 is 5.96 Å². The zero-order valence-electron chi connectivity index (χ0n) is 15.6. The lowest BCUT2D eigenvalue weighted by Gasteiger charge is -2.30. The van der Waals surface area contributed by atoms with Crippen molar-refractivity contribution in [3.8, 4) is 0 Å². The Bertz CT molecular complexity index is 646. The van der Waals surface area contributed by atoms with Crippen molar-refractivity contribution in [2.75, 3.05) is 26.7 Å². The van der Waals surface area contributed by atoms with Gasteiger partial charge >= 0.3 is 0 Å². The van der Waals surface area contributed by atoms with Gasteiger partial charge in [0.1, 0.15) is 6.33 Å². The average molecular weight is 343 g/mol. The summed E-state index contributed by atoms with van der Waals surface area (Å²) in [6, 6.07) is 10.9. The van der Waals surface area contributed by atoms with Gasteiger partial charge in [0.15, 0.2) is 11.8 Å². The third-order valence-electron chi connectivity index (χ3n) is 4.34. The molecule has 0 aliphatic rings. The van der Waals surface area contributed by atoms with Crippen LogP contribution in [0.5, 0.6) is 0 Å². The molecule has 1 aromatic carbocycles. The smallest absolute Gasteiger partial charge is 0.191 e. The zero-order chi connectivity index (χ0) is 18.1. The lowest BCUT2D eigenvalue weighted by atomic mass is 10.1. The van der Waals surface area contributed by atoms with Gasteiger partial charge in [-0.25, -0.2) is 0 Å². The fourth-order valence-electron chi connectivity index (χ4n) is 2.84. The maximum atomic E-state index is 4.31. The molecule has 0 saturated heterocycles. The summed E-state index contributed by atoms with van der Waals surface area (Å²) in [5, 5.41) is 14.7. The molecule has 1 atom stereocenters. The number of aromatic nitrogens is 3. The highest BCUT2D eigenvalue weighted by molar-refractivity contribution is 5.79. The van der Waals surface area contributed by atoms with Crippen LogP contribution in [-0.4, -0.2) is 52.3 Å². The van der Waals surface area contributed by atoms with E-state index >= 15 is 0 Å². The summed E-state index contributed by atoms with van der Waals surface area (Å²) in [5.41, 5.74) is 1.31. The highest BCUT2D eigenvalue weighted by Gasteiger charge is 2.18. The van der Waals surface area contributed by atoms with Gasteiger partial charge in [0, 0.05) is 20.6 Å². The Kier molecular flexibility index (Phi) is 7.40. The number of aryl methyl sites for hydroxylation is 1. The van der Waals surface area contributed by atoms with Crippen LogP contribution in [0.2, 0.25) is 0 Å². The van der Waals surface area contributed by atoms with E-state index in [2.05, 4.69) is 74.9 Å². The molecule has 0 aliphatic carbocycles. The van der Waals surface area contributed by atoms with E-state index in [9.17, 15) is 0 Å². The minimum Gasteiger partial charge on any atom is -0.354 e. The summed E-state index contributed by atoms with van der Waals surface area (Å²) in [6.45, 7) is 7.76. The summed E-state index contributed by atoms with van der Waals surface area (Å²) < 4.78 is 1.89. The largest absolute Gasteiger partial charge is 0.354 e. The summed E-state index contributed by atoms with van der Waals surface area (Å²) in [5.74, 6) is 1.63. The van der Waals surface area contributed by atoms with Crippen LogP contribution >= 0.6 is 0 Å². The molecule has 136 valence electrons. The van der Waals surface area contributed by atoms with E-state index in [1.807, 2.05) is 11.6 Å². The van der Waals surface area contributed by atoms with Gasteiger partial charge in [0.25, 0.3) is 0 Å². The first-order valence-corrected chi connectivity index (χ1v) is 8.75. The van der Waals surface area contributed by atoms with E-state index in [-0.39, 0.29) is 0 Å². The van der Waals surface area contributed by atoms with Gasteiger partial charge in [-0.15, -0.1) is 10.2 Å². The molecule has 1 heterocycles. The Morgan fingerprint density at radius 1 is 1.20 bits per heavy atom. The van der Waals surface area contributed by atoms with Gasteiger partial charge in [-0.1, -0.05) is 44.2 Å². The number of nitrogens with zero attached hydrogens (tertiary/aromatic N) is 5. The lowest BCUT2D eigenvalue weighted by Crippen LogP contribution is -2.43. The molecule has 0 saturated carbocycles. The molecular weight excluding hydrogens is 314 g/mol. The van der Waals surface area contributed by atoms with Crippen LogP contribution in [0.3, 0.4) is 0 Å². The lowest BCUT2D eigenvalue weighted by molar-refractivity contribution is 0.219. The summed E-state index contributed by atoms with van der Waals surface area (Å²) in [6.07, 6.45) is 1.69. The van der Waals surface area contributed by atoms with Gasteiger partial charge in [-0.05, 0) is 18.7 Å².